The van der Waals surface area contributed by atoms with Gasteiger partial charge in [-0.25, -0.2) is 0 Å². The summed E-state index contributed by atoms with van der Waals surface area (Å²) in [4.78, 5) is 0. The molecule has 0 atom stereocenters. The maximum atomic E-state index is 5.60. The molecular weight excluding hydrogens is 334 g/mol. The first-order valence-corrected chi connectivity index (χ1v) is 8.29. The lowest BCUT2D eigenvalue weighted by Gasteiger charge is -2.11. The highest BCUT2D eigenvalue weighted by atomic mass is 32.1. The summed E-state index contributed by atoms with van der Waals surface area (Å²) in [6, 6.07) is 15.2. The molecule has 2 aromatic carbocycles. The van der Waals surface area contributed by atoms with Crippen molar-refractivity contribution < 1.29 is 9.47 Å². The summed E-state index contributed by atoms with van der Waals surface area (Å²) < 4.78 is 11.2. The van der Waals surface area contributed by atoms with Crippen LogP contribution in [0.3, 0.4) is 0 Å². The van der Waals surface area contributed by atoms with Gasteiger partial charge in [-0.1, -0.05) is 30.9 Å². The topological polar surface area (TPSA) is 54.9 Å². The van der Waals surface area contributed by atoms with E-state index in [1.165, 1.54) is 0 Å². The summed E-state index contributed by atoms with van der Waals surface area (Å²) in [6.07, 6.45) is 3.36. The molecule has 0 aliphatic carbocycles. The van der Waals surface area contributed by atoms with Gasteiger partial charge in [0, 0.05) is 5.69 Å². The fourth-order valence-electron chi connectivity index (χ4n) is 1.99. The number of nitrogens with one attached hydrogen (secondary N) is 2. The Kier molecular flexibility index (Phi) is 7.46. The van der Waals surface area contributed by atoms with Crippen LogP contribution in [0.25, 0.3) is 0 Å². The Morgan fingerprint density at radius 2 is 1.96 bits per heavy atom. The molecule has 6 heteroatoms. The van der Waals surface area contributed by atoms with Crippen molar-refractivity contribution in [1.82, 2.24) is 5.43 Å². The summed E-state index contributed by atoms with van der Waals surface area (Å²) in [7, 11) is 0. The van der Waals surface area contributed by atoms with Gasteiger partial charge in [-0.2, -0.15) is 5.10 Å². The van der Waals surface area contributed by atoms with E-state index in [2.05, 4.69) is 22.4 Å². The number of hydrogen-bond acceptors (Lipinski definition) is 4. The van der Waals surface area contributed by atoms with Crippen LogP contribution >= 0.6 is 12.2 Å². The third kappa shape index (κ3) is 6.27. The maximum absolute atomic E-state index is 5.60. The molecule has 0 aliphatic heterocycles. The number of ether oxygens (including phenoxy) is 2. The van der Waals surface area contributed by atoms with Gasteiger partial charge in [-0.15, -0.1) is 0 Å². The number of rotatable bonds is 8. The van der Waals surface area contributed by atoms with Crippen molar-refractivity contribution in [2.45, 2.75) is 6.92 Å². The normalized spacial score (nSPS) is 10.3. The first kappa shape index (κ1) is 18.5. The number of para-hydroxylation sites is 1. The summed E-state index contributed by atoms with van der Waals surface area (Å²) in [5.74, 6) is 1.34. The molecule has 25 heavy (non-hydrogen) atoms. The Labute approximate surface area is 153 Å². The number of hydrogen-bond donors (Lipinski definition) is 2. The Balaban J connectivity index is 1.96. The molecule has 0 saturated heterocycles. The van der Waals surface area contributed by atoms with E-state index in [9.17, 15) is 0 Å². The highest BCUT2D eigenvalue weighted by Crippen LogP contribution is 2.28. The summed E-state index contributed by atoms with van der Waals surface area (Å²) in [5.41, 5.74) is 4.55. The zero-order valence-corrected chi connectivity index (χ0v) is 14.9. The lowest BCUT2D eigenvalue weighted by Crippen LogP contribution is -2.23. The van der Waals surface area contributed by atoms with E-state index >= 15 is 0 Å². The standard InChI is InChI=1S/C19H21N3O2S/c1-3-12-24-17-11-10-15(13-18(17)23-4-2)14-20-22-19(25)21-16-8-6-5-7-9-16/h3,5-11,13-14H,1,4,12H2,2H3,(H2,21,22,25)/b20-14-. The zero-order chi connectivity index (χ0) is 17.9. The van der Waals surface area contributed by atoms with Crippen molar-refractivity contribution >= 4 is 29.2 Å². The Hall–Kier alpha value is -2.86. The highest BCUT2D eigenvalue weighted by molar-refractivity contribution is 7.80. The molecule has 2 aromatic rings. The molecule has 0 aromatic heterocycles. The van der Waals surface area contributed by atoms with Crippen molar-refractivity contribution in [3.05, 3.63) is 66.7 Å². The molecule has 0 saturated carbocycles. The van der Waals surface area contributed by atoms with E-state index in [4.69, 9.17) is 21.7 Å². The monoisotopic (exact) mass is 355 g/mol. The third-order valence-electron chi connectivity index (χ3n) is 3.04. The summed E-state index contributed by atoms with van der Waals surface area (Å²) >= 11 is 5.20. The van der Waals surface area contributed by atoms with Gasteiger partial charge in [0.05, 0.1) is 12.8 Å². The highest BCUT2D eigenvalue weighted by Gasteiger charge is 2.05. The van der Waals surface area contributed by atoms with E-state index in [0.29, 0.717) is 29.8 Å². The minimum Gasteiger partial charge on any atom is -0.490 e. The molecule has 130 valence electrons. The van der Waals surface area contributed by atoms with Gasteiger partial charge in [0.15, 0.2) is 16.6 Å². The molecule has 5 nitrogen and oxygen atoms in total. The predicted molar refractivity (Wildman–Crippen MR) is 107 cm³/mol. The van der Waals surface area contributed by atoms with Crippen molar-refractivity contribution in [3.8, 4) is 11.5 Å². The van der Waals surface area contributed by atoms with Crippen LogP contribution in [0.15, 0.2) is 66.3 Å². The second kappa shape index (κ2) is 10.1. The average Bonchev–Trinajstić information content (AvgIpc) is 2.62. The smallest absolute Gasteiger partial charge is 0.191 e. The van der Waals surface area contributed by atoms with Crippen LogP contribution in [0.1, 0.15) is 12.5 Å². The molecule has 0 bridgehead atoms. The van der Waals surface area contributed by atoms with Crippen LogP contribution in [0.4, 0.5) is 5.69 Å². The summed E-state index contributed by atoms with van der Waals surface area (Å²) in [6.45, 7) is 6.54. The quantitative estimate of drug-likeness (QED) is 0.325. The molecule has 0 heterocycles. The minimum absolute atomic E-state index is 0.415. The minimum atomic E-state index is 0.415. The molecule has 2 N–H and O–H groups in total. The molecule has 0 spiro atoms. The molecule has 0 aliphatic rings. The predicted octanol–water partition coefficient (Wildman–Crippen LogP) is 3.97. The van der Waals surface area contributed by atoms with Crippen LogP contribution in [-0.2, 0) is 0 Å². The van der Waals surface area contributed by atoms with Crippen molar-refractivity contribution in [2.75, 3.05) is 18.5 Å². The number of hydrazone groups is 1. The van der Waals surface area contributed by atoms with Crippen LogP contribution in [0.2, 0.25) is 0 Å². The van der Waals surface area contributed by atoms with E-state index in [1.54, 1.807) is 12.3 Å². The van der Waals surface area contributed by atoms with Crippen molar-refractivity contribution in [1.29, 1.82) is 0 Å². The van der Waals surface area contributed by atoms with Crippen LogP contribution in [-0.4, -0.2) is 24.5 Å². The van der Waals surface area contributed by atoms with Crippen molar-refractivity contribution in [2.24, 2.45) is 5.10 Å². The van der Waals surface area contributed by atoms with Gasteiger partial charge in [-0.05, 0) is 55.0 Å². The van der Waals surface area contributed by atoms with Gasteiger partial charge in [0.1, 0.15) is 6.61 Å². The number of benzene rings is 2. The largest absolute Gasteiger partial charge is 0.490 e. The molecule has 0 radical (unpaired) electrons. The Morgan fingerprint density at radius 1 is 1.16 bits per heavy atom. The van der Waals surface area contributed by atoms with Crippen molar-refractivity contribution in [3.63, 3.8) is 0 Å². The zero-order valence-electron chi connectivity index (χ0n) is 14.1. The van der Waals surface area contributed by atoms with Gasteiger partial charge in [0.2, 0.25) is 0 Å². The number of nitrogens with zero attached hydrogens (tertiary/aromatic N) is 1. The number of thiocarbonyl (C=S) groups is 1. The SMILES string of the molecule is C=CCOc1ccc(/C=N\NC(=S)Nc2ccccc2)cc1OCC. The van der Waals surface area contributed by atoms with Crippen LogP contribution in [0, 0.1) is 0 Å². The van der Waals surface area contributed by atoms with Gasteiger partial charge < -0.3 is 14.8 Å². The molecule has 0 fully saturated rings. The van der Waals surface area contributed by atoms with E-state index in [1.807, 2.05) is 55.5 Å². The maximum Gasteiger partial charge on any atom is 0.191 e. The summed E-state index contributed by atoms with van der Waals surface area (Å²) in [5, 5.41) is 7.60. The van der Waals surface area contributed by atoms with Crippen LogP contribution < -0.4 is 20.2 Å². The second-order valence-corrected chi connectivity index (χ2v) is 5.34. The van der Waals surface area contributed by atoms with E-state index < -0.39 is 0 Å². The fraction of sp³-hybridized carbons (Fsp3) is 0.158. The molecule has 0 amide bonds. The Bertz CT molecular complexity index is 733. The van der Waals surface area contributed by atoms with E-state index in [0.717, 1.165) is 11.3 Å². The molecular formula is C19H21N3O2S. The fourth-order valence-corrected chi connectivity index (χ4v) is 2.16. The first-order chi connectivity index (χ1) is 12.2. The van der Waals surface area contributed by atoms with Gasteiger partial charge in [-0.3, -0.25) is 5.43 Å². The third-order valence-corrected chi connectivity index (χ3v) is 3.23. The van der Waals surface area contributed by atoms with E-state index in [-0.39, 0.29) is 0 Å². The van der Waals surface area contributed by atoms with Gasteiger partial charge >= 0.3 is 0 Å². The van der Waals surface area contributed by atoms with Crippen LogP contribution in [0.5, 0.6) is 11.5 Å². The number of anilines is 1. The molecule has 2 rings (SSSR count). The lowest BCUT2D eigenvalue weighted by atomic mass is 10.2. The molecule has 0 unspecified atom stereocenters. The average molecular weight is 355 g/mol. The second-order valence-electron chi connectivity index (χ2n) is 4.93. The Morgan fingerprint density at radius 3 is 2.68 bits per heavy atom. The first-order valence-electron chi connectivity index (χ1n) is 7.88. The van der Waals surface area contributed by atoms with Gasteiger partial charge in [0.25, 0.3) is 0 Å². The lowest BCUT2D eigenvalue weighted by molar-refractivity contribution is 0.297.